The zero-order valence-corrected chi connectivity index (χ0v) is 16.2. The third kappa shape index (κ3) is 4.06. The number of rotatable bonds is 7. The van der Waals surface area contributed by atoms with Crippen molar-refractivity contribution in [3.05, 3.63) is 72.7 Å². The van der Waals surface area contributed by atoms with Crippen LogP contribution in [0, 0.1) is 0 Å². The SMILES string of the molecule is c1cncc(CO[C@@H]2CCN(CCc3c[nH]c4ccc(-n5cnnc5)cc34)C2)c1. The number of H-pyrrole nitrogens is 1. The van der Waals surface area contributed by atoms with Crippen molar-refractivity contribution in [2.45, 2.75) is 25.6 Å². The summed E-state index contributed by atoms with van der Waals surface area (Å²) in [7, 11) is 0. The summed E-state index contributed by atoms with van der Waals surface area (Å²) >= 11 is 0. The number of fused-ring (bicyclic) bond motifs is 1. The molecule has 5 rings (SSSR count). The van der Waals surface area contributed by atoms with Gasteiger partial charge in [0.2, 0.25) is 0 Å². The van der Waals surface area contributed by atoms with E-state index in [0.29, 0.717) is 12.7 Å². The molecule has 1 aliphatic heterocycles. The number of hydrogen-bond donors (Lipinski definition) is 1. The lowest BCUT2D eigenvalue weighted by Crippen LogP contribution is -2.25. The molecule has 148 valence electrons. The Morgan fingerprint density at radius 1 is 1.17 bits per heavy atom. The highest BCUT2D eigenvalue weighted by Gasteiger charge is 2.23. The van der Waals surface area contributed by atoms with Crippen molar-refractivity contribution in [1.29, 1.82) is 0 Å². The van der Waals surface area contributed by atoms with Gasteiger partial charge < -0.3 is 14.6 Å². The van der Waals surface area contributed by atoms with Crippen molar-refractivity contribution in [2.75, 3.05) is 19.6 Å². The van der Waals surface area contributed by atoms with Crippen LogP contribution in [0.3, 0.4) is 0 Å². The molecule has 0 saturated carbocycles. The number of nitrogens with zero attached hydrogens (tertiary/aromatic N) is 5. The van der Waals surface area contributed by atoms with Gasteiger partial charge in [-0.3, -0.25) is 9.55 Å². The van der Waals surface area contributed by atoms with Crippen LogP contribution >= 0.6 is 0 Å². The number of likely N-dealkylation sites (tertiary alicyclic amines) is 1. The summed E-state index contributed by atoms with van der Waals surface area (Å²) in [4.78, 5) is 10.0. The number of benzene rings is 1. The van der Waals surface area contributed by atoms with Gasteiger partial charge in [-0.1, -0.05) is 6.07 Å². The van der Waals surface area contributed by atoms with E-state index in [1.807, 2.05) is 16.8 Å². The van der Waals surface area contributed by atoms with Gasteiger partial charge in [-0.15, -0.1) is 10.2 Å². The van der Waals surface area contributed by atoms with Crippen LogP contribution in [0.5, 0.6) is 0 Å². The van der Waals surface area contributed by atoms with Crippen LogP contribution in [-0.2, 0) is 17.8 Å². The molecule has 3 aromatic heterocycles. The fourth-order valence-corrected chi connectivity index (χ4v) is 3.98. The van der Waals surface area contributed by atoms with Crippen molar-refractivity contribution in [1.82, 2.24) is 29.6 Å². The summed E-state index contributed by atoms with van der Waals surface area (Å²) in [5, 5.41) is 9.07. The minimum atomic E-state index is 0.304. The van der Waals surface area contributed by atoms with E-state index in [1.54, 1.807) is 18.9 Å². The lowest BCUT2D eigenvalue weighted by atomic mass is 10.1. The van der Waals surface area contributed by atoms with E-state index < -0.39 is 0 Å². The number of aromatic nitrogens is 5. The first-order valence-corrected chi connectivity index (χ1v) is 10.0. The Morgan fingerprint density at radius 3 is 2.97 bits per heavy atom. The van der Waals surface area contributed by atoms with E-state index in [0.717, 1.165) is 49.2 Å². The van der Waals surface area contributed by atoms with Crippen LogP contribution < -0.4 is 0 Å². The minimum Gasteiger partial charge on any atom is -0.372 e. The normalized spacial score (nSPS) is 17.3. The zero-order valence-electron chi connectivity index (χ0n) is 16.2. The maximum Gasteiger partial charge on any atom is 0.123 e. The Morgan fingerprint density at radius 2 is 2.10 bits per heavy atom. The molecule has 1 N–H and O–H groups in total. The summed E-state index contributed by atoms with van der Waals surface area (Å²) in [6.07, 6.45) is 11.7. The van der Waals surface area contributed by atoms with E-state index in [-0.39, 0.29) is 0 Å². The molecule has 1 aromatic carbocycles. The van der Waals surface area contributed by atoms with E-state index in [1.165, 1.54) is 10.9 Å². The minimum absolute atomic E-state index is 0.304. The molecule has 1 atom stereocenters. The number of pyridine rings is 1. The van der Waals surface area contributed by atoms with Crippen molar-refractivity contribution in [2.24, 2.45) is 0 Å². The van der Waals surface area contributed by atoms with E-state index in [2.05, 4.69) is 55.5 Å². The average Bonchev–Trinajstić information content (AvgIpc) is 3.52. The third-order valence-corrected chi connectivity index (χ3v) is 5.60. The fraction of sp³-hybridized carbons (Fsp3) is 0.318. The van der Waals surface area contributed by atoms with Gasteiger partial charge >= 0.3 is 0 Å². The number of hydrogen-bond acceptors (Lipinski definition) is 5. The highest BCUT2D eigenvalue weighted by Crippen LogP contribution is 2.23. The summed E-state index contributed by atoms with van der Waals surface area (Å²) in [6.45, 7) is 3.76. The molecule has 7 heteroatoms. The molecule has 29 heavy (non-hydrogen) atoms. The Balaban J connectivity index is 1.18. The Kier molecular flexibility index (Phi) is 5.06. The van der Waals surface area contributed by atoms with E-state index in [4.69, 9.17) is 4.74 Å². The molecule has 0 aliphatic carbocycles. The first-order chi connectivity index (χ1) is 14.3. The van der Waals surface area contributed by atoms with E-state index >= 15 is 0 Å². The smallest absolute Gasteiger partial charge is 0.123 e. The maximum absolute atomic E-state index is 6.08. The van der Waals surface area contributed by atoms with Gasteiger partial charge in [-0.05, 0) is 48.2 Å². The number of nitrogens with one attached hydrogen (secondary N) is 1. The van der Waals surface area contributed by atoms with Crippen molar-refractivity contribution >= 4 is 10.9 Å². The maximum atomic E-state index is 6.08. The van der Waals surface area contributed by atoms with Gasteiger partial charge in [0, 0.05) is 54.8 Å². The fourth-order valence-electron chi connectivity index (χ4n) is 3.98. The Labute approximate surface area is 169 Å². The summed E-state index contributed by atoms with van der Waals surface area (Å²) < 4.78 is 8.01. The molecule has 0 unspecified atom stereocenters. The second-order valence-electron chi connectivity index (χ2n) is 7.55. The molecule has 0 radical (unpaired) electrons. The summed E-state index contributed by atoms with van der Waals surface area (Å²) in [5.41, 5.74) is 4.72. The van der Waals surface area contributed by atoms with Gasteiger partial charge in [0.25, 0.3) is 0 Å². The lowest BCUT2D eigenvalue weighted by molar-refractivity contribution is 0.0466. The molecular formula is C22H24N6O. The van der Waals surface area contributed by atoms with Crippen molar-refractivity contribution in [3.63, 3.8) is 0 Å². The molecule has 4 heterocycles. The average molecular weight is 388 g/mol. The van der Waals surface area contributed by atoms with Gasteiger partial charge in [-0.25, -0.2) is 0 Å². The molecule has 4 aromatic rings. The predicted molar refractivity (Wildman–Crippen MR) is 111 cm³/mol. The molecule has 0 spiro atoms. The molecule has 0 bridgehead atoms. The molecule has 1 saturated heterocycles. The van der Waals surface area contributed by atoms with Gasteiger partial charge in [0.1, 0.15) is 12.7 Å². The highest BCUT2D eigenvalue weighted by molar-refractivity contribution is 5.85. The summed E-state index contributed by atoms with van der Waals surface area (Å²) in [6, 6.07) is 10.4. The highest BCUT2D eigenvalue weighted by atomic mass is 16.5. The second-order valence-corrected chi connectivity index (χ2v) is 7.55. The molecular weight excluding hydrogens is 364 g/mol. The van der Waals surface area contributed by atoms with Gasteiger partial charge in [0.05, 0.1) is 12.7 Å². The first-order valence-electron chi connectivity index (χ1n) is 10.0. The number of aromatic amines is 1. The van der Waals surface area contributed by atoms with Crippen LogP contribution in [0.4, 0.5) is 0 Å². The zero-order chi connectivity index (χ0) is 19.5. The van der Waals surface area contributed by atoms with Crippen LogP contribution in [0.1, 0.15) is 17.5 Å². The monoisotopic (exact) mass is 388 g/mol. The molecule has 1 aliphatic rings. The standard InChI is InChI=1S/C22H24N6O/c1-2-17(11-23-7-1)14-29-20-6-9-27(13-20)8-5-18-12-24-22-4-3-19(10-21(18)22)28-15-25-26-16-28/h1-4,7,10-12,15-16,20,24H,5-6,8-9,13-14H2/t20-/m1/s1. The van der Waals surface area contributed by atoms with Gasteiger partial charge in [-0.2, -0.15) is 0 Å². The number of ether oxygens (including phenoxy) is 1. The molecule has 7 nitrogen and oxygen atoms in total. The topological polar surface area (TPSA) is 71.9 Å². The summed E-state index contributed by atoms with van der Waals surface area (Å²) in [5.74, 6) is 0. The van der Waals surface area contributed by atoms with Crippen molar-refractivity contribution in [3.8, 4) is 5.69 Å². The molecule has 0 amide bonds. The Hall–Kier alpha value is -3.03. The first kappa shape index (κ1) is 18.0. The molecule has 1 fully saturated rings. The predicted octanol–water partition coefficient (Wildman–Crippen LogP) is 2.98. The second kappa shape index (κ2) is 8.14. The van der Waals surface area contributed by atoms with Crippen LogP contribution in [0.2, 0.25) is 0 Å². The van der Waals surface area contributed by atoms with Crippen LogP contribution in [0.15, 0.2) is 61.6 Å². The van der Waals surface area contributed by atoms with Crippen LogP contribution in [0.25, 0.3) is 16.6 Å². The third-order valence-electron chi connectivity index (χ3n) is 5.60. The Bertz CT molecular complexity index is 1060. The largest absolute Gasteiger partial charge is 0.372 e. The van der Waals surface area contributed by atoms with Gasteiger partial charge in [0.15, 0.2) is 0 Å². The van der Waals surface area contributed by atoms with Crippen LogP contribution in [-0.4, -0.2) is 55.4 Å². The van der Waals surface area contributed by atoms with E-state index in [9.17, 15) is 0 Å². The lowest BCUT2D eigenvalue weighted by Gasteiger charge is -2.16. The van der Waals surface area contributed by atoms with Crippen molar-refractivity contribution < 1.29 is 4.74 Å². The quantitative estimate of drug-likeness (QED) is 0.527.